The van der Waals surface area contributed by atoms with Crippen LogP contribution < -0.4 is 4.74 Å². The van der Waals surface area contributed by atoms with E-state index < -0.39 is 5.60 Å². The molecule has 2 aliphatic rings. The molecule has 1 aliphatic heterocycles. The molecule has 2 atom stereocenters. The molecule has 1 aromatic carbocycles. The normalized spacial score (nSPS) is 29.5. The first kappa shape index (κ1) is 12.5. The molecular formula is C15H18O4. The highest BCUT2D eigenvalue weighted by Gasteiger charge is 2.61. The molecule has 0 spiro atoms. The Morgan fingerprint density at radius 2 is 2.00 bits per heavy atom. The van der Waals surface area contributed by atoms with Crippen LogP contribution in [0.4, 0.5) is 0 Å². The zero-order valence-electron chi connectivity index (χ0n) is 11.2. The topological polar surface area (TPSA) is 48.1 Å². The molecule has 0 amide bonds. The van der Waals surface area contributed by atoms with Crippen LogP contribution in [0.25, 0.3) is 0 Å². The fourth-order valence-electron chi connectivity index (χ4n) is 2.29. The van der Waals surface area contributed by atoms with Crippen LogP contribution in [0.15, 0.2) is 24.3 Å². The molecule has 2 unspecified atom stereocenters. The predicted molar refractivity (Wildman–Crippen MR) is 69.0 cm³/mol. The zero-order chi connectivity index (χ0) is 13.5. The highest BCUT2D eigenvalue weighted by Crippen LogP contribution is 2.50. The Labute approximate surface area is 112 Å². The quantitative estimate of drug-likeness (QED) is 0.618. The molecule has 19 heavy (non-hydrogen) atoms. The first-order chi connectivity index (χ1) is 9.13. The van der Waals surface area contributed by atoms with E-state index in [4.69, 9.17) is 14.2 Å². The number of ether oxygens (including phenoxy) is 3. The van der Waals surface area contributed by atoms with Crippen molar-refractivity contribution in [1.82, 2.24) is 0 Å². The second kappa shape index (κ2) is 4.53. The summed E-state index contributed by atoms with van der Waals surface area (Å²) in [5, 5.41) is 0. The number of methoxy groups -OCH3 is 1. The van der Waals surface area contributed by atoms with E-state index in [1.165, 1.54) is 0 Å². The van der Waals surface area contributed by atoms with E-state index in [2.05, 4.69) is 0 Å². The molecule has 0 N–H and O–H groups in total. The average molecular weight is 262 g/mol. The van der Waals surface area contributed by atoms with E-state index >= 15 is 0 Å². The van der Waals surface area contributed by atoms with Crippen molar-refractivity contribution in [3.8, 4) is 5.75 Å². The maximum absolute atomic E-state index is 12.1. The third-order valence-corrected chi connectivity index (χ3v) is 3.96. The Balaban J connectivity index is 1.65. The van der Waals surface area contributed by atoms with Crippen LogP contribution >= 0.6 is 0 Å². The van der Waals surface area contributed by atoms with Gasteiger partial charge in [0.25, 0.3) is 0 Å². The van der Waals surface area contributed by atoms with Gasteiger partial charge in [-0.1, -0.05) is 12.1 Å². The second-order valence-corrected chi connectivity index (χ2v) is 5.34. The molecular weight excluding hydrogens is 244 g/mol. The third kappa shape index (κ3) is 2.21. The fourth-order valence-corrected chi connectivity index (χ4v) is 2.29. The predicted octanol–water partition coefficient (Wildman–Crippen LogP) is 2.62. The molecule has 1 aromatic rings. The summed E-state index contributed by atoms with van der Waals surface area (Å²) in [5.41, 5.74) is 0.165. The highest BCUT2D eigenvalue weighted by molar-refractivity contribution is 5.83. The number of epoxide rings is 1. The van der Waals surface area contributed by atoms with Gasteiger partial charge in [0.2, 0.25) is 0 Å². The van der Waals surface area contributed by atoms with E-state index in [1.54, 1.807) is 14.0 Å². The van der Waals surface area contributed by atoms with Crippen molar-refractivity contribution in [2.75, 3.05) is 7.11 Å². The Kier molecular flexibility index (Phi) is 2.97. The highest BCUT2D eigenvalue weighted by atomic mass is 16.7. The molecule has 3 rings (SSSR count). The van der Waals surface area contributed by atoms with E-state index in [0.29, 0.717) is 0 Å². The smallest absolute Gasteiger partial charge is 0.341 e. The van der Waals surface area contributed by atoms with Gasteiger partial charge in [-0.15, -0.1) is 0 Å². The maximum Gasteiger partial charge on any atom is 0.341 e. The van der Waals surface area contributed by atoms with Gasteiger partial charge in [0.05, 0.1) is 7.11 Å². The van der Waals surface area contributed by atoms with E-state index in [0.717, 1.165) is 30.6 Å². The van der Waals surface area contributed by atoms with Crippen molar-refractivity contribution in [3.63, 3.8) is 0 Å². The molecule has 4 heteroatoms. The number of carbonyl (C=O) groups is 1. The minimum absolute atomic E-state index is 0.102. The van der Waals surface area contributed by atoms with Gasteiger partial charge < -0.3 is 14.2 Å². The van der Waals surface area contributed by atoms with Crippen molar-refractivity contribution in [2.24, 2.45) is 0 Å². The lowest BCUT2D eigenvalue weighted by Gasteiger charge is -2.26. The summed E-state index contributed by atoms with van der Waals surface area (Å²) in [6, 6.07) is 7.58. The average Bonchev–Trinajstić information content (AvgIpc) is 3.07. The number of esters is 1. The lowest BCUT2D eigenvalue weighted by Crippen LogP contribution is -2.32. The molecule has 0 bridgehead atoms. The summed E-state index contributed by atoms with van der Waals surface area (Å²) in [7, 11) is 1.63. The molecule has 2 fully saturated rings. The van der Waals surface area contributed by atoms with E-state index in [9.17, 15) is 4.79 Å². The van der Waals surface area contributed by atoms with Gasteiger partial charge in [0.15, 0.2) is 5.60 Å². The number of hydrogen-bond donors (Lipinski definition) is 0. The van der Waals surface area contributed by atoms with Gasteiger partial charge in [-0.3, -0.25) is 0 Å². The zero-order valence-corrected chi connectivity index (χ0v) is 11.2. The molecule has 0 aromatic heterocycles. The van der Waals surface area contributed by atoms with Crippen LogP contribution in [-0.4, -0.2) is 24.8 Å². The van der Waals surface area contributed by atoms with Crippen LogP contribution in [0.1, 0.15) is 37.9 Å². The minimum Gasteiger partial charge on any atom is -0.497 e. The lowest BCUT2D eigenvalue weighted by atomic mass is 9.95. The maximum atomic E-state index is 12.1. The number of benzene rings is 1. The summed E-state index contributed by atoms with van der Waals surface area (Å²) in [5.74, 6) is 0.557. The molecule has 4 nitrogen and oxygen atoms in total. The summed E-state index contributed by atoms with van der Waals surface area (Å²) in [6.45, 7) is 1.79. The molecule has 1 saturated carbocycles. The third-order valence-electron chi connectivity index (χ3n) is 3.96. The van der Waals surface area contributed by atoms with Crippen LogP contribution in [0.2, 0.25) is 0 Å². The largest absolute Gasteiger partial charge is 0.497 e. The van der Waals surface area contributed by atoms with Crippen molar-refractivity contribution >= 4 is 5.97 Å². The van der Waals surface area contributed by atoms with Crippen LogP contribution in [0, 0.1) is 0 Å². The van der Waals surface area contributed by atoms with Gasteiger partial charge in [-0.2, -0.15) is 0 Å². The Hall–Kier alpha value is -1.55. The molecule has 1 aliphatic carbocycles. The van der Waals surface area contributed by atoms with Crippen LogP contribution in [0.5, 0.6) is 5.75 Å². The first-order valence-corrected chi connectivity index (χ1v) is 6.66. The van der Waals surface area contributed by atoms with Gasteiger partial charge >= 0.3 is 5.97 Å². The van der Waals surface area contributed by atoms with Crippen molar-refractivity contribution in [3.05, 3.63) is 29.8 Å². The summed E-state index contributed by atoms with van der Waals surface area (Å²) in [6.07, 6.45) is 3.01. The number of rotatable bonds is 4. The van der Waals surface area contributed by atoms with E-state index in [-0.39, 0.29) is 18.2 Å². The van der Waals surface area contributed by atoms with Gasteiger partial charge in [-0.25, -0.2) is 4.79 Å². The molecule has 1 heterocycles. The monoisotopic (exact) mass is 262 g/mol. The van der Waals surface area contributed by atoms with Crippen molar-refractivity contribution in [1.29, 1.82) is 0 Å². The number of carbonyl (C=O) groups excluding carboxylic acids is 1. The summed E-state index contributed by atoms with van der Waals surface area (Å²) in [4.78, 5) is 12.1. The van der Waals surface area contributed by atoms with Gasteiger partial charge in [0.1, 0.15) is 18.0 Å². The number of hydrogen-bond acceptors (Lipinski definition) is 4. The second-order valence-electron chi connectivity index (χ2n) is 5.34. The first-order valence-electron chi connectivity index (χ1n) is 6.66. The molecule has 0 radical (unpaired) electrons. The molecule has 1 saturated heterocycles. The minimum atomic E-state index is -0.815. The summed E-state index contributed by atoms with van der Waals surface area (Å²) >= 11 is 0. The standard InChI is InChI=1S/C15H18O4/c1-15(14(16)18-12-4-3-5-12)13(19-15)10-6-8-11(17-2)9-7-10/h6-9,12-13H,3-5H2,1-2H3. The Morgan fingerprint density at radius 1 is 1.32 bits per heavy atom. The lowest BCUT2D eigenvalue weighted by molar-refractivity contribution is -0.158. The van der Waals surface area contributed by atoms with Gasteiger partial charge in [-0.05, 0) is 43.9 Å². The SMILES string of the molecule is COc1ccc(C2OC2(C)C(=O)OC2CCC2)cc1. The van der Waals surface area contributed by atoms with Crippen LogP contribution in [-0.2, 0) is 14.3 Å². The Morgan fingerprint density at radius 3 is 2.53 bits per heavy atom. The van der Waals surface area contributed by atoms with Gasteiger partial charge in [0, 0.05) is 0 Å². The Bertz CT molecular complexity index is 477. The van der Waals surface area contributed by atoms with E-state index in [1.807, 2.05) is 24.3 Å². The molecule has 102 valence electrons. The van der Waals surface area contributed by atoms with Crippen LogP contribution in [0.3, 0.4) is 0 Å². The fraction of sp³-hybridized carbons (Fsp3) is 0.533. The summed E-state index contributed by atoms with van der Waals surface area (Å²) < 4.78 is 16.1. The van der Waals surface area contributed by atoms with Crippen molar-refractivity contribution in [2.45, 2.75) is 44.0 Å². The van der Waals surface area contributed by atoms with Crippen molar-refractivity contribution < 1.29 is 19.0 Å².